The number of nitrogens with one attached hydrogen (secondary N) is 9. The van der Waals surface area contributed by atoms with Crippen molar-refractivity contribution in [3.05, 3.63) is 71.9 Å². The molecule has 0 fully saturated rings. The lowest BCUT2D eigenvalue weighted by molar-refractivity contribution is -0.143. The molecular formula is C48H70N12O14S. The Morgan fingerprint density at radius 3 is 1.80 bits per heavy atom. The molecule has 0 aliphatic rings. The molecule has 0 saturated heterocycles. The maximum atomic E-state index is 13.7. The van der Waals surface area contributed by atoms with Gasteiger partial charge in [0, 0.05) is 23.5 Å². The zero-order chi connectivity index (χ0) is 55.8. The third kappa shape index (κ3) is 20.6. The molecule has 26 nitrogen and oxygen atoms in total. The normalized spacial score (nSPS) is 15.1. The molecular weight excluding hydrogens is 1000 g/mol. The van der Waals surface area contributed by atoms with Gasteiger partial charge in [0.15, 0.2) is 0 Å². The third-order valence-corrected chi connectivity index (χ3v) is 12.2. The molecule has 0 radical (unpaired) electrons. The van der Waals surface area contributed by atoms with E-state index in [0.29, 0.717) is 30.7 Å². The largest absolute Gasteiger partial charge is 0.480 e. The Morgan fingerprint density at radius 1 is 0.640 bits per heavy atom. The van der Waals surface area contributed by atoms with Crippen LogP contribution in [0, 0.1) is 0 Å². The second-order valence-electron chi connectivity index (χ2n) is 17.7. The number of carboxylic acid groups (broad SMARTS) is 1. The number of hydrogen-bond donors (Lipinski definition) is 16. The maximum absolute atomic E-state index is 13.7. The summed E-state index contributed by atoms with van der Waals surface area (Å²) in [4.78, 5) is 134. The Kier molecular flexibility index (Phi) is 26.1. The molecule has 0 aliphatic heterocycles. The smallest absolute Gasteiger partial charge is 0.326 e. The molecule has 0 bridgehead atoms. The van der Waals surface area contributed by atoms with Crippen molar-refractivity contribution in [3.63, 3.8) is 0 Å². The highest BCUT2D eigenvalue weighted by atomic mass is 32.2. The van der Waals surface area contributed by atoms with E-state index in [1.165, 1.54) is 18.7 Å². The number of aliphatic hydroxyl groups excluding tert-OH is 3. The van der Waals surface area contributed by atoms with Crippen molar-refractivity contribution >= 4 is 81.8 Å². The van der Waals surface area contributed by atoms with E-state index >= 15 is 0 Å². The lowest BCUT2D eigenvalue weighted by atomic mass is 10.0. The van der Waals surface area contributed by atoms with E-state index in [1.54, 1.807) is 42.8 Å². The number of primary amides is 1. The second kappa shape index (κ2) is 31.5. The van der Waals surface area contributed by atoms with Gasteiger partial charge in [-0.05, 0) is 81.7 Å². The number of amides is 9. The fraction of sp³-hybridized carbons (Fsp3) is 0.500. The molecule has 27 heteroatoms. The quantitative estimate of drug-likeness (QED) is 0.0255. The average molecular weight is 1070 g/mol. The summed E-state index contributed by atoms with van der Waals surface area (Å²) in [7, 11) is 0. The van der Waals surface area contributed by atoms with E-state index in [9.17, 15) is 68.4 Å². The van der Waals surface area contributed by atoms with Gasteiger partial charge in [0.2, 0.25) is 53.2 Å². The van der Waals surface area contributed by atoms with Gasteiger partial charge in [-0.25, -0.2) is 4.79 Å². The Labute approximate surface area is 436 Å². The summed E-state index contributed by atoms with van der Waals surface area (Å²) < 4.78 is 0. The van der Waals surface area contributed by atoms with E-state index in [2.05, 4.69) is 47.5 Å². The van der Waals surface area contributed by atoms with Gasteiger partial charge >= 0.3 is 5.97 Å². The zero-order valence-electron chi connectivity index (χ0n) is 41.8. The highest BCUT2D eigenvalue weighted by Gasteiger charge is 2.35. The van der Waals surface area contributed by atoms with Crippen LogP contribution in [0.2, 0.25) is 0 Å². The number of carbonyl (C=O) groups excluding carboxylic acids is 9. The fourth-order valence-electron chi connectivity index (χ4n) is 7.47. The van der Waals surface area contributed by atoms with Crippen LogP contribution >= 0.6 is 11.8 Å². The number of carbonyl (C=O) groups is 10. The lowest BCUT2D eigenvalue weighted by Gasteiger charge is -2.27. The molecule has 3 aromatic rings. The van der Waals surface area contributed by atoms with Crippen LogP contribution in [-0.2, 0) is 60.8 Å². The molecule has 9 amide bonds. The lowest BCUT2D eigenvalue weighted by Crippen LogP contribution is -2.61. The van der Waals surface area contributed by atoms with Crippen molar-refractivity contribution in [2.45, 2.75) is 119 Å². The molecule has 0 saturated carbocycles. The number of thioether (sulfide) groups is 1. The predicted octanol–water partition coefficient (Wildman–Crippen LogP) is -4.61. The SMILES string of the molecule is CSCC[C@H](NC(=O)[C@@H](N)Cc1c[nH]c2ccccc12)C(=O)N[C@@H](CC(N)=O)C(=O)N[C@@H](CO)C(=O)N[C@H](C(=O)NCC(=O)N[C@@H](Cc1ccccc1)C(=O)N[C@H](C(=O)N[C@@H](CCCCN)C(=O)O)[C@@H](C)O)[C@@H](C)O. The highest BCUT2D eigenvalue weighted by Crippen LogP contribution is 2.19. The van der Waals surface area contributed by atoms with Gasteiger partial charge in [-0.3, -0.25) is 43.2 Å². The Morgan fingerprint density at radius 2 is 1.20 bits per heavy atom. The predicted molar refractivity (Wildman–Crippen MR) is 274 cm³/mol. The number of aliphatic carboxylic acids is 1. The number of aromatic nitrogens is 1. The number of H-pyrrole nitrogens is 1. The number of fused-ring (bicyclic) bond motifs is 1. The van der Waals surface area contributed by atoms with Gasteiger partial charge in [0.25, 0.3) is 0 Å². The standard InChI is InChI=1S/C48H70N12O14S/c1-25(62)39(46(71)53-23-38(65)54-34(19-27-11-5-4-6-12-27)44(69)60-40(26(2)63)47(72)56-33(48(73)74)15-9-10-17-49)59-45(70)36(24-61)58-43(68)35(21-37(51)64)57-42(67)32(16-18-75-3)55-41(66)30(50)20-28-22-52-31-14-8-7-13-29(28)31/h4-8,11-14,22,25-26,30,32-36,39-40,52,61-63H,9-10,15-21,23-24,49-50H2,1-3H3,(H2,51,64)(H,53,71)(H,54,65)(H,55,66)(H,56,72)(H,57,67)(H,58,68)(H,59,70)(H,60,69)(H,73,74)/t25-,26-,30+,32+,33+,34+,35+,36+,39+,40+/m1/s1. The number of aromatic amines is 1. The number of unbranched alkanes of at least 4 members (excludes halogenated alkanes) is 1. The molecule has 2 aromatic carbocycles. The number of nitrogens with two attached hydrogens (primary N) is 3. The zero-order valence-corrected chi connectivity index (χ0v) is 42.7. The first-order valence-electron chi connectivity index (χ1n) is 24.0. The molecule has 0 spiro atoms. The van der Waals surface area contributed by atoms with Crippen LogP contribution in [0.5, 0.6) is 0 Å². The molecule has 1 aromatic heterocycles. The number of hydrogen-bond acceptors (Lipinski definition) is 16. The Balaban J connectivity index is 1.68. The highest BCUT2D eigenvalue weighted by molar-refractivity contribution is 7.98. The van der Waals surface area contributed by atoms with Crippen molar-refractivity contribution in [2.75, 3.05) is 31.7 Å². The van der Waals surface area contributed by atoms with Gasteiger partial charge in [0.1, 0.15) is 42.3 Å². The van der Waals surface area contributed by atoms with Gasteiger partial charge < -0.3 is 85.1 Å². The van der Waals surface area contributed by atoms with Gasteiger partial charge in [-0.2, -0.15) is 11.8 Å². The maximum Gasteiger partial charge on any atom is 0.326 e. The van der Waals surface area contributed by atoms with Gasteiger partial charge in [-0.1, -0.05) is 48.5 Å². The summed E-state index contributed by atoms with van der Waals surface area (Å²) in [5.41, 5.74) is 19.3. The number of aliphatic hydroxyl groups is 3. The molecule has 0 unspecified atom stereocenters. The van der Waals surface area contributed by atoms with Crippen LogP contribution in [0.3, 0.4) is 0 Å². The molecule has 19 N–H and O–H groups in total. The van der Waals surface area contributed by atoms with E-state index in [4.69, 9.17) is 17.2 Å². The van der Waals surface area contributed by atoms with E-state index in [-0.39, 0.29) is 25.7 Å². The van der Waals surface area contributed by atoms with Crippen LogP contribution in [0.4, 0.5) is 0 Å². The minimum atomic E-state index is -1.87. The molecule has 75 heavy (non-hydrogen) atoms. The monoisotopic (exact) mass is 1070 g/mol. The van der Waals surface area contributed by atoms with Crippen LogP contribution in [0.1, 0.15) is 57.1 Å². The fourth-order valence-corrected chi connectivity index (χ4v) is 7.95. The number of para-hydroxylation sites is 1. The van der Waals surface area contributed by atoms with Gasteiger partial charge in [0.05, 0.1) is 37.8 Å². The van der Waals surface area contributed by atoms with Crippen molar-refractivity contribution in [3.8, 4) is 0 Å². The summed E-state index contributed by atoms with van der Waals surface area (Å²) in [5.74, 6) is -10.2. The molecule has 0 aliphatic carbocycles. The van der Waals surface area contributed by atoms with Crippen LogP contribution in [-0.4, -0.2) is 177 Å². The Bertz CT molecular complexity index is 2430. The average Bonchev–Trinajstić information content (AvgIpc) is 3.77. The first-order valence-corrected chi connectivity index (χ1v) is 25.4. The number of rotatable bonds is 33. The topological polar surface area (TPSA) is 442 Å². The first kappa shape index (κ1) is 62.1. The number of carboxylic acids is 1. The minimum absolute atomic E-state index is 0.0182. The second-order valence-corrected chi connectivity index (χ2v) is 18.6. The summed E-state index contributed by atoms with van der Waals surface area (Å²) in [6.07, 6.45) is 0.360. The van der Waals surface area contributed by atoms with Crippen LogP contribution in [0.15, 0.2) is 60.8 Å². The van der Waals surface area contributed by atoms with Crippen molar-refractivity contribution < 1.29 is 68.4 Å². The summed E-state index contributed by atoms with van der Waals surface area (Å²) in [5, 5.41) is 60.2. The van der Waals surface area contributed by atoms with E-state index in [0.717, 1.165) is 23.4 Å². The molecule has 1 heterocycles. The molecule has 10 atom stereocenters. The van der Waals surface area contributed by atoms with Crippen molar-refractivity contribution in [2.24, 2.45) is 17.2 Å². The van der Waals surface area contributed by atoms with Crippen molar-refractivity contribution in [1.82, 2.24) is 47.5 Å². The Hall–Kier alpha value is -7.17. The summed E-state index contributed by atoms with van der Waals surface area (Å²) in [6, 6.07) is 3.38. The first-order chi connectivity index (χ1) is 35.6. The van der Waals surface area contributed by atoms with Crippen LogP contribution in [0.25, 0.3) is 10.9 Å². The summed E-state index contributed by atoms with van der Waals surface area (Å²) in [6.45, 7) is 0.611. The molecule has 412 valence electrons. The van der Waals surface area contributed by atoms with E-state index in [1.807, 2.05) is 24.3 Å². The minimum Gasteiger partial charge on any atom is -0.480 e. The van der Waals surface area contributed by atoms with E-state index < -0.39 is 139 Å². The third-order valence-electron chi connectivity index (χ3n) is 11.6. The summed E-state index contributed by atoms with van der Waals surface area (Å²) >= 11 is 1.36. The van der Waals surface area contributed by atoms with Crippen LogP contribution < -0.4 is 59.7 Å². The number of benzene rings is 2. The van der Waals surface area contributed by atoms with Gasteiger partial charge in [-0.15, -0.1) is 0 Å². The molecule has 3 rings (SSSR count). The van der Waals surface area contributed by atoms with Crippen molar-refractivity contribution in [1.29, 1.82) is 0 Å².